The van der Waals surface area contributed by atoms with Crippen LogP contribution >= 0.6 is 0 Å². The Labute approximate surface area is 90.6 Å². The lowest BCUT2D eigenvalue weighted by Crippen LogP contribution is -2.15. The number of hydrogen-bond acceptors (Lipinski definition) is 3. The van der Waals surface area contributed by atoms with Gasteiger partial charge in [-0.3, -0.25) is 0 Å². The molecule has 2 atom stereocenters. The third-order valence-electron chi connectivity index (χ3n) is 2.78. The van der Waals surface area contributed by atoms with Gasteiger partial charge >= 0.3 is 0 Å². The number of nitrogens with one attached hydrogen (secondary N) is 1. The molecule has 1 saturated heterocycles. The first-order chi connectivity index (χ1) is 7.28. The van der Waals surface area contributed by atoms with Crippen LogP contribution < -0.4 is 5.32 Å². The van der Waals surface area contributed by atoms with Gasteiger partial charge in [0.05, 0.1) is 24.2 Å². The quantitative estimate of drug-likeness (QED) is 0.809. The molecule has 4 heteroatoms. The first kappa shape index (κ1) is 10.6. The highest BCUT2D eigenvalue weighted by Gasteiger charge is 2.21. The summed E-state index contributed by atoms with van der Waals surface area (Å²) in [5.74, 6) is 0. The molecule has 1 N–H and O–H groups in total. The maximum Gasteiger partial charge on any atom is 0.0950 e. The predicted octanol–water partition coefficient (Wildman–Crippen LogP) is 1.17. The Bertz CT molecular complexity index is 311. The van der Waals surface area contributed by atoms with Crippen molar-refractivity contribution in [1.82, 2.24) is 14.9 Å². The first-order valence-corrected chi connectivity index (χ1v) is 5.58. The van der Waals surface area contributed by atoms with Crippen molar-refractivity contribution in [3.63, 3.8) is 0 Å². The lowest BCUT2D eigenvalue weighted by Gasteiger charge is -2.11. The van der Waals surface area contributed by atoms with Crippen molar-refractivity contribution >= 4 is 0 Å². The molecule has 1 fully saturated rings. The molecule has 1 aromatic heterocycles. The monoisotopic (exact) mass is 209 g/mol. The van der Waals surface area contributed by atoms with Crippen LogP contribution in [0.4, 0.5) is 0 Å². The molecule has 1 aliphatic heterocycles. The topological polar surface area (TPSA) is 39.1 Å². The molecule has 2 rings (SSSR count). The van der Waals surface area contributed by atoms with E-state index in [0.29, 0.717) is 12.2 Å². The van der Waals surface area contributed by atoms with Gasteiger partial charge in [0.15, 0.2) is 0 Å². The Balaban J connectivity index is 1.87. The summed E-state index contributed by atoms with van der Waals surface area (Å²) in [6.45, 7) is 3.90. The van der Waals surface area contributed by atoms with Gasteiger partial charge in [-0.25, -0.2) is 4.98 Å². The molecule has 2 heterocycles. The lowest BCUT2D eigenvalue weighted by atomic mass is 10.2. The average Bonchev–Trinajstić information content (AvgIpc) is 2.78. The zero-order valence-corrected chi connectivity index (χ0v) is 9.44. The first-order valence-electron chi connectivity index (χ1n) is 5.58. The number of nitrogens with zero attached hydrogens (tertiary/aromatic N) is 2. The Hall–Kier alpha value is -0.870. The molecular weight excluding hydrogens is 190 g/mol. The fraction of sp³-hybridized carbons (Fsp3) is 0.727. The van der Waals surface area contributed by atoms with E-state index < -0.39 is 0 Å². The number of aromatic nitrogens is 2. The van der Waals surface area contributed by atoms with Gasteiger partial charge in [-0.05, 0) is 26.8 Å². The van der Waals surface area contributed by atoms with Crippen molar-refractivity contribution in [3.8, 4) is 0 Å². The second-order valence-electron chi connectivity index (χ2n) is 4.24. The molecule has 0 aromatic carbocycles. The van der Waals surface area contributed by atoms with E-state index in [1.54, 1.807) is 0 Å². The summed E-state index contributed by atoms with van der Waals surface area (Å²) in [6, 6.07) is 0. The smallest absolute Gasteiger partial charge is 0.0950 e. The standard InChI is InChI=1S/C11H19N3O/c1-9-3-4-11(15-9)7-14-6-10(5-12-2)13-8-14/h6,8-9,11-12H,3-5,7H2,1-2H3. The molecule has 15 heavy (non-hydrogen) atoms. The normalized spacial score (nSPS) is 26.0. The Morgan fingerprint density at radius 2 is 2.47 bits per heavy atom. The largest absolute Gasteiger partial charge is 0.373 e. The zero-order valence-electron chi connectivity index (χ0n) is 9.44. The Kier molecular flexibility index (Phi) is 3.38. The minimum absolute atomic E-state index is 0.372. The SMILES string of the molecule is CNCc1cn(CC2CCC(C)O2)cn1. The van der Waals surface area contributed by atoms with Gasteiger partial charge in [-0.1, -0.05) is 0 Å². The minimum Gasteiger partial charge on any atom is -0.373 e. The summed E-state index contributed by atoms with van der Waals surface area (Å²) in [5, 5.41) is 3.09. The van der Waals surface area contributed by atoms with Crippen molar-refractivity contribution in [1.29, 1.82) is 0 Å². The molecule has 0 amide bonds. The van der Waals surface area contributed by atoms with E-state index >= 15 is 0 Å². The van der Waals surface area contributed by atoms with Crippen LogP contribution in [0.1, 0.15) is 25.5 Å². The van der Waals surface area contributed by atoms with Crippen molar-refractivity contribution in [3.05, 3.63) is 18.2 Å². The van der Waals surface area contributed by atoms with Crippen molar-refractivity contribution in [2.24, 2.45) is 0 Å². The van der Waals surface area contributed by atoms with Crippen LogP contribution in [0.5, 0.6) is 0 Å². The minimum atomic E-state index is 0.372. The van der Waals surface area contributed by atoms with E-state index in [1.165, 1.54) is 12.8 Å². The van der Waals surface area contributed by atoms with Gasteiger partial charge in [0.2, 0.25) is 0 Å². The van der Waals surface area contributed by atoms with Crippen LogP contribution in [0, 0.1) is 0 Å². The van der Waals surface area contributed by atoms with E-state index in [-0.39, 0.29) is 0 Å². The second kappa shape index (κ2) is 4.77. The zero-order chi connectivity index (χ0) is 10.7. The Morgan fingerprint density at radius 1 is 1.60 bits per heavy atom. The Morgan fingerprint density at radius 3 is 3.13 bits per heavy atom. The molecule has 84 valence electrons. The van der Waals surface area contributed by atoms with Gasteiger partial charge in [-0.15, -0.1) is 0 Å². The number of rotatable bonds is 4. The highest BCUT2D eigenvalue weighted by atomic mass is 16.5. The molecule has 1 aliphatic rings. The molecule has 0 saturated carbocycles. The van der Waals surface area contributed by atoms with Gasteiger partial charge in [0.1, 0.15) is 0 Å². The van der Waals surface area contributed by atoms with Crippen molar-refractivity contribution in [2.45, 2.75) is 45.1 Å². The number of ether oxygens (including phenoxy) is 1. The molecule has 1 aromatic rings. The molecule has 0 bridgehead atoms. The fourth-order valence-corrected chi connectivity index (χ4v) is 2.03. The summed E-state index contributed by atoms with van der Waals surface area (Å²) in [7, 11) is 1.93. The van der Waals surface area contributed by atoms with Crippen LogP contribution in [0.15, 0.2) is 12.5 Å². The summed E-state index contributed by atoms with van der Waals surface area (Å²) >= 11 is 0. The molecule has 4 nitrogen and oxygen atoms in total. The molecule has 0 aliphatic carbocycles. The third kappa shape index (κ3) is 2.79. The summed E-state index contributed by atoms with van der Waals surface area (Å²) in [4.78, 5) is 4.31. The average molecular weight is 209 g/mol. The highest BCUT2D eigenvalue weighted by molar-refractivity contribution is 4.96. The second-order valence-corrected chi connectivity index (χ2v) is 4.24. The van der Waals surface area contributed by atoms with Crippen LogP contribution in [0.3, 0.4) is 0 Å². The highest BCUT2D eigenvalue weighted by Crippen LogP contribution is 2.20. The van der Waals surface area contributed by atoms with E-state index in [1.807, 2.05) is 13.4 Å². The van der Waals surface area contributed by atoms with Crippen LogP contribution in [-0.4, -0.2) is 28.8 Å². The predicted molar refractivity (Wildman–Crippen MR) is 58.6 cm³/mol. The van der Waals surface area contributed by atoms with E-state index in [4.69, 9.17) is 4.74 Å². The molecule has 2 unspecified atom stereocenters. The van der Waals surface area contributed by atoms with E-state index in [2.05, 4.69) is 28.0 Å². The van der Waals surface area contributed by atoms with E-state index in [0.717, 1.165) is 18.8 Å². The van der Waals surface area contributed by atoms with Crippen molar-refractivity contribution in [2.75, 3.05) is 7.05 Å². The summed E-state index contributed by atoms with van der Waals surface area (Å²) in [6.07, 6.45) is 7.12. The van der Waals surface area contributed by atoms with Gasteiger partial charge < -0.3 is 14.6 Å². The van der Waals surface area contributed by atoms with E-state index in [9.17, 15) is 0 Å². The number of imidazole rings is 1. The summed E-state index contributed by atoms with van der Waals surface area (Å²) in [5.41, 5.74) is 1.09. The number of hydrogen-bond donors (Lipinski definition) is 1. The van der Waals surface area contributed by atoms with Crippen LogP contribution in [-0.2, 0) is 17.8 Å². The third-order valence-corrected chi connectivity index (χ3v) is 2.78. The summed E-state index contributed by atoms with van der Waals surface area (Å²) < 4.78 is 7.89. The van der Waals surface area contributed by atoms with Gasteiger partial charge in [-0.2, -0.15) is 0 Å². The van der Waals surface area contributed by atoms with Gasteiger partial charge in [0.25, 0.3) is 0 Å². The molecular formula is C11H19N3O. The maximum absolute atomic E-state index is 5.77. The fourth-order valence-electron chi connectivity index (χ4n) is 2.03. The maximum atomic E-state index is 5.77. The lowest BCUT2D eigenvalue weighted by molar-refractivity contribution is 0.0458. The molecule has 0 spiro atoms. The van der Waals surface area contributed by atoms with Crippen molar-refractivity contribution < 1.29 is 4.74 Å². The van der Waals surface area contributed by atoms with Crippen LogP contribution in [0.2, 0.25) is 0 Å². The van der Waals surface area contributed by atoms with Gasteiger partial charge in [0, 0.05) is 19.3 Å². The van der Waals surface area contributed by atoms with Crippen LogP contribution in [0.25, 0.3) is 0 Å². The molecule has 0 radical (unpaired) electrons.